The third kappa shape index (κ3) is 1.41. The van der Waals surface area contributed by atoms with Gasteiger partial charge >= 0.3 is 0 Å². The monoisotopic (exact) mass is 211 g/mol. The van der Waals surface area contributed by atoms with Gasteiger partial charge in [0, 0.05) is 10.1 Å². The molecule has 0 unspecified atom stereocenters. The standard InChI is InChI=1S/C9H6ClNOS/c10-9-6-3-1-2-4-7(6)13-8(9)5-11-12/h1-5,12H/b11-5-. The average molecular weight is 212 g/mol. The molecule has 0 radical (unpaired) electrons. The summed E-state index contributed by atoms with van der Waals surface area (Å²) in [6.07, 6.45) is 1.35. The van der Waals surface area contributed by atoms with Gasteiger partial charge in [-0.3, -0.25) is 0 Å². The van der Waals surface area contributed by atoms with E-state index in [2.05, 4.69) is 5.16 Å². The van der Waals surface area contributed by atoms with E-state index in [9.17, 15) is 0 Å². The van der Waals surface area contributed by atoms with Crippen molar-refractivity contribution >= 4 is 39.2 Å². The minimum absolute atomic E-state index is 0.651. The Morgan fingerprint density at radius 1 is 1.38 bits per heavy atom. The van der Waals surface area contributed by atoms with E-state index in [1.54, 1.807) is 0 Å². The summed E-state index contributed by atoms with van der Waals surface area (Å²) in [4.78, 5) is 0.783. The molecule has 66 valence electrons. The van der Waals surface area contributed by atoms with Gasteiger partial charge in [-0.05, 0) is 6.07 Å². The van der Waals surface area contributed by atoms with Gasteiger partial charge in [0.15, 0.2) is 0 Å². The lowest BCUT2D eigenvalue weighted by Crippen LogP contribution is -1.72. The second kappa shape index (κ2) is 3.36. The molecule has 1 aromatic heterocycles. The molecule has 0 saturated carbocycles. The number of thiophene rings is 1. The third-order valence-electron chi connectivity index (χ3n) is 1.73. The molecule has 2 rings (SSSR count). The van der Waals surface area contributed by atoms with Crippen LogP contribution in [0.15, 0.2) is 29.4 Å². The number of oxime groups is 1. The largest absolute Gasteiger partial charge is 0.411 e. The van der Waals surface area contributed by atoms with Crippen molar-refractivity contribution in [2.75, 3.05) is 0 Å². The highest BCUT2D eigenvalue weighted by Gasteiger charge is 2.06. The van der Waals surface area contributed by atoms with Gasteiger partial charge in [-0.1, -0.05) is 35.0 Å². The average Bonchev–Trinajstić information content (AvgIpc) is 2.46. The Hall–Kier alpha value is -1.06. The van der Waals surface area contributed by atoms with Gasteiger partial charge in [0.2, 0.25) is 0 Å². The maximum absolute atomic E-state index is 8.39. The number of nitrogens with zero attached hydrogens (tertiary/aromatic N) is 1. The van der Waals surface area contributed by atoms with Crippen molar-refractivity contribution in [2.24, 2.45) is 5.16 Å². The van der Waals surface area contributed by atoms with Gasteiger partial charge in [-0.15, -0.1) is 11.3 Å². The number of benzene rings is 1. The van der Waals surface area contributed by atoms with Crippen LogP contribution in [0, 0.1) is 0 Å². The molecule has 0 spiro atoms. The van der Waals surface area contributed by atoms with Gasteiger partial charge in [-0.25, -0.2) is 0 Å². The third-order valence-corrected chi connectivity index (χ3v) is 3.36. The molecule has 0 saturated heterocycles. The highest BCUT2D eigenvalue weighted by Crippen LogP contribution is 2.33. The van der Waals surface area contributed by atoms with Crippen molar-refractivity contribution in [2.45, 2.75) is 0 Å². The molecular weight excluding hydrogens is 206 g/mol. The second-order valence-electron chi connectivity index (χ2n) is 2.52. The van der Waals surface area contributed by atoms with E-state index in [0.29, 0.717) is 5.02 Å². The summed E-state index contributed by atoms with van der Waals surface area (Å²) in [7, 11) is 0. The fourth-order valence-electron chi connectivity index (χ4n) is 1.17. The fraction of sp³-hybridized carbons (Fsp3) is 0. The lowest BCUT2D eigenvalue weighted by Gasteiger charge is -1.86. The normalized spacial score (nSPS) is 11.5. The molecule has 0 atom stereocenters. The molecule has 0 aliphatic carbocycles. The predicted molar refractivity (Wildman–Crippen MR) is 56.2 cm³/mol. The minimum Gasteiger partial charge on any atom is -0.411 e. The lowest BCUT2D eigenvalue weighted by molar-refractivity contribution is 0.322. The van der Waals surface area contributed by atoms with E-state index in [-0.39, 0.29) is 0 Å². The first-order valence-electron chi connectivity index (χ1n) is 3.67. The zero-order valence-electron chi connectivity index (χ0n) is 6.57. The molecule has 0 aliphatic rings. The Labute approximate surface area is 84.1 Å². The van der Waals surface area contributed by atoms with E-state index in [4.69, 9.17) is 16.8 Å². The Morgan fingerprint density at radius 2 is 2.15 bits per heavy atom. The van der Waals surface area contributed by atoms with Crippen molar-refractivity contribution in [1.29, 1.82) is 0 Å². The first-order valence-corrected chi connectivity index (χ1v) is 4.87. The number of hydrogen-bond acceptors (Lipinski definition) is 3. The Bertz CT molecular complexity index is 464. The van der Waals surface area contributed by atoms with Crippen LogP contribution < -0.4 is 0 Å². The van der Waals surface area contributed by atoms with Crippen LogP contribution in [0.3, 0.4) is 0 Å². The summed E-state index contributed by atoms with van der Waals surface area (Å²) in [5.74, 6) is 0. The van der Waals surface area contributed by atoms with Crippen molar-refractivity contribution in [3.8, 4) is 0 Å². The van der Waals surface area contributed by atoms with E-state index in [0.717, 1.165) is 15.0 Å². The molecule has 2 aromatic rings. The van der Waals surface area contributed by atoms with Crippen molar-refractivity contribution in [1.82, 2.24) is 0 Å². The summed E-state index contributed by atoms with van der Waals surface area (Å²) >= 11 is 7.55. The molecule has 0 amide bonds. The van der Waals surface area contributed by atoms with Crippen molar-refractivity contribution in [3.05, 3.63) is 34.2 Å². The van der Waals surface area contributed by atoms with Crippen LogP contribution in [0.2, 0.25) is 5.02 Å². The summed E-state index contributed by atoms with van der Waals surface area (Å²) in [5, 5.41) is 13.0. The number of rotatable bonds is 1. The number of halogens is 1. The van der Waals surface area contributed by atoms with Gasteiger partial charge in [0.05, 0.1) is 16.1 Å². The number of fused-ring (bicyclic) bond motifs is 1. The molecular formula is C9H6ClNOS. The van der Waals surface area contributed by atoms with Crippen molar-refractivity contribution < 1.29 is 5.21 Å². The van der Waals surface area contributed by atoms with Gasteiger partial charge in [-0.2, -0.15) is 0 Å². The van der Waals surface area contributed by atoms with Crippen LogP contribution in [0.1, 0.15) is 4.88 Å². The smallest absolute Gasteiger partial charge is 0.0849 e. The van der Waals surface area contributed by atoms with E-state index < -0.39 is 0 Å². The first-order chi connectivity index (χ1) is 6.33. The summed E-state index contributed by atoms with van der Waals surface area (Å²) in [5.41, 5.74) is 0. The van der Waals surface area contributed by atoms with Crippen molar-refractivity contribution in [3.63, 3.8) is 0 Å². The molecule has 1 aromatic carbocycles. The molecule has 1 N–H and O–H groups in total. The molecule has 2 nitrogen and oxygen atoms in total. The highest BCUT2D eigenvalue weighted by atomic mass is 35.5. The minimum atomic E-state index is 0.651. The summed E-state index contributed by atoms with van der Waals surface area (Å²) in [6.45, 7) is 0. The molecule has 4 heteroatoms. The zero-order valence-corrected chi connectivity index (χ0v) is 8.14. The predicted octanol–water partition coefficient (Wildman–Crippen LogP) is 3.36. The van der Waals surface area contributed by atoms with Crippen LogP contribution in [0.4, 0.5) is 0 Å². The van der Waals surface area contributed by atoms with E-state index >= 15 is 0 Å². The van der Waals surface area contributed by atoms with Gasteiger partial charge in [0.1, 0.15) is 0 Å². The van der Waals surface area contributed by atoms with Crippen LogP contribution >= 0.6 is 22.9 Å². The molecule has 13 heavy (non-hydrogen) atoms. The van der Waals surface area contributed by atoms with Crippen LogP contribution in [-0.2, 0) is 0 Å². The SMILES string of the molecule is O/N=C\c1sc2ccccc2c1Cl. The Morgan fingerprint density at radius 3 is 2.85 bits per heavy atom. The number of hydrogen-bond donors (Lipinski definition) is 1. The quantitative estimate of drug-likeness (QED) is 0.438. The van der Waals surface area contributed by atoms with Crippen LogP contribution in [-0.4, -0.2) is 11.4 Å². The molecule has 1 heterocycles. The molecule has 0 bridgehead atoms. The van der Waals surface area contributed by atoms with Crippen LogP contribution in [0.5, 0.6) is 0 Å². The summed E-state index contributed by atoms with van der Waals surface area (Å²) in [6, 6.07) is 7.82. The fourth-order valence-corrected chi connectivity index (χ4v) is 2.52. The van der Waals surface area contributed by atoms with E-state index in [1.807, 2.05) is 24.3 Å². The van der Waals surface area contributed by atoms with Gasteiger partial charge in [0.25, 0.3) is 0 Å². The Kier molecular flexibility index (Phi) is 2.20. The maximum Gasteiger partial charge on any atom is 0.0849 e. The topological polar surface area (TPSA) is 32.6 Å². The zero-order chi connectivity index (χ0) is 9.26. The molecule has 0 aliphatic heterocycles. The Balaban J connectivity index is 2.73. The first kappa shape index (κ1) is 8.53. The van der Waals surface area contributed by atoms with E-state index in [1.165, 1.54) is 17.6 Å². The maximum atomic E-state index is 8.39. The summed E-state index contributed by atoms with van der Waals surface area (Å²) < 4.78 is 1.10. The lowest BCUT2D eigenvalue weighted by atomic mass is 10.2. The van der Waals surface area contributed by atoms with Gasteiger partial charge < -0.3 is 5.21 Å². The van der Waals surface area contributed by atoms with Crippen LogP contribution in [0.25, 0.3) is 10.1 Å². The highest BCUT2D eigenvalue weighted by molar-refractivity contribution is 7.21. The second-order valence-corrected chi connectivity index (χ2v) is 3.98. The molecule has 0 fully saturated rings.